The first-order chi connectivity index (χ1) is 23.6. The third-order valence-electron chi connectivity index (χ3n) is 7.46. The van der Waals surface area contributed by atoms with E-state index < -0.39 is 23.9 Å². The van der Waals surface area contributed by atoms with Gasteiger partial charge >= 0.3 is 17.9 Å². The van der Waals surface area contributed by atoms with Crippen LogP contribution in [0, 0.1) is 0 Å². The number of hydrogen-bond donors (Lipinski definition) is 1. The molecule has 4 aromatic rings. The molecule has 254 valence electrons. The average Bonchev–Trinajstić information content (AvgIpc) is 3.40. The Kier molecular flexibility index (Phi) is 10.9. The molecular formula is C36H34N2O10S. The smallest absolute Gasteiger partial charge is 0.343 e. The number of benzene rings is 3. The first kappa shape index (κ1) is 34.6. The van der Waals surface area contributed by atoms with Crippen LogP contribution in [0.5, 0.6) is 17.2 Å². The lowest BCUT2D eigenvalue weighted by Crippen LogP contribution is -2.40. The van der Waals surface area contributed by atoms with Crippen molar-refractivity contribution in [3.05, 3.63) is 120 Å². The lowest BCUT2D eigenvalue weighted by Gasteiger charge is -2.25. The Morgan fingerprint density at radius 2 is 1.67 bits per heavy atom. The highest BCUT2D eigenvalue weighted by Crippen LogP contribution is 2.36. The lowest BCUT2D eigenvalue weighted by molar-refractivity contribution is -0.143. The highest BCUT2D eigenvalue weighted by molar-refractivity contribution is 7.07. The van der Waals surface area contributed by atoms with E-state index in [1.165, 1.54) is 35.1 Å². The van der Waals surface area contributed by atoms with Gasteiger partial charge in [0.1, 0.15) is 12.4 Å². The number of aromatic nitrogens is 1. The fraction of sp³-hybridized carbons (Fsp3) is 0.250. The molecule has 0 amide bonds. The van der Waals surface area contributed by atoms with Crippen molar-refractivity contribution in [2.45, 2.75) is 33.4 Å². The molecule has 3 aromatic carbocycles. The summed E-state index contributed by atoms with van der Waals surface area (Å²) in [6.07, 6.45) is 1.74. The van der Waals surface area contributed by atoms with Gasteiger partial charge < -0.3 is 28.8 Å². The third-order valence-corrected chi connectivity index (χ3v) is 8.44. The number of allylic oxidation sites excluding steroid dienone is 1. The average molecular weight is 687 g/mol. The van der Waals surface area contributed by atoms with Crippen LogP contribution in [0.25, 0.3) is 6.08 Å². The summed E-state index contributed by atoms with van der Waals surface area (Å²) in [7, 11) is 1.26. The number of hydrogen-bond acceptors (Lipinski definition) is 11. The van der Waals surface area contributed by atoms with Crippen LogP contribution in [0.15, 0.2) is 87.8 Å². The molecule has 0 aliphatic carbocycles. The van der Waals surface area contributed by atoms with E-state index >= 15 is 0 Å². The van der Waals surface area contributed by atoms with Crippen LogP contribution in [0.1, 0.15) is 53.9 Å². The van der Waals surface area contributed by atoms with E-state index in [9.17, 15) is 19.2 Å². The molecule has 0 saturated heterocycles. The second kappa shape index (κ2) is 15.5. The highest BCUT2D eigenvalue weighted by atomic mass is 32.1. The van der Waals surface area contributed by atoms with Crippen molar-refractivity contribution >= 4 is 35.3 Å². The zero-order chi connectivity index (χ0) is 35.1. The van der Waals surface area contributed by atoms with E-state index in [1.54, 1.807) is 69.3 Å². The number of methoxy groups -OCH3 is 1. The maximum absolute atomic E-state index is 14.1. The van der Waals surface area contributed by atoms with Crippen molar-refractivity contribution in [1.82, 2.24) is 4.57 Å². The Balaban J connectivity index is 1.48. The molecule has 1 aliphatic heterocycles. The second-order valence-corrected chi connectivity index (χ2v) is 11.7. The van der Waals surface area contributed by atoms with Gasteiger partial charge in [0.05, 0.1) is 47.7 Å². The number of nitrogens with zero attached hydrogens (tertiary/aromatic N) is 2. The maximum Gasteiger partial charge on any atom is 0.343 e. The van der Waals surface area contributed by atoms with Gasteiger partial charge in [0.2, 0.25) is 0 Å². The van der Waals surface area contributed by atoms with Gasteiger partial charge in [-0.3, -0.25) is 9.36 Å². The van der Waals surface area contributed by atoms with Crippen molar-refractivity contribution in [3.8, 4) is 17.2 Å². The summed E-state index contributed by atoms with van der Waals surface area (Å²) in [6.45, 7) is 5.56. The molecule has 12 nitrogen and oxygen atoms in total. The Hall–Kier alpha value is -5.69. The van der Waals surface area contributed by atoms with Gasteiger partial charge in [-0.15, -0.1) is 0 Å². The molecule has 0 spiro atoms. The number of aromatic carboxylic acids is 1. The van der Waals surface area contributed by atoms with E-state index in [-0.39, 0.29) is 36.5 Å². The molecule has 1 N–H and O–H groups in total. The summed E-state index contributed by atoms with van der Waals surface area (Å²) in [5.74, 6) is -0.933. The number of thiazole rings is 1. The number of carboxylic acids is 1. The zero-order valence-electron chi connectivity index (χ0n) is 27.3. The predicted molar refractivity (Wildman–Crippen MR) is 180 cm³/mol. The predicted octanol–water partition coefficient (Wildman–Crippen LogP) is 4.03. The minimum absolute atomic E-state index is 0.133. The first-order valence-corrected chi connectivity index (χ1v) is 16.2. The topological polar surface area (TPSA) is 152 Å². The second-order valence-electron chi connectivity index (χ2n) is 10.7. The van der Waals surface area contributed by atoms with E-state index in [2.05, 4.69) is 9.73 Å². The molecule has 0 saturated carbocycles. The quantitative estimate of drug-likeness (QED) is 0.204. The minimum atomic E-state index is -0.992. The number of carboxylic acid groups (broad SMARTS) is 1. The lowest BCUT2D eigenvalue weighted by atomic mass is 9.95. The largest absolute Gasteiger partial charge is 0.490 e. The number of carbonyl (C=O) groups is 3. The molecule has 5 rings (SSSR count). The molecular weight excluding hydrogens is 652 g/mol. The van der Waals surface area contributed by atoms with Gasteiger partial charge in [0, 0.05) is 0 Å². The number of fused-ring (bicyclic) bond motifs is 1. The molecule has 1 atom stereocenters. The molecule has 0 unspecified atom stereocenters. The summed E-state index contributed by atoms with van der Waals surface area (Å²) in [5.41, 5.74) is 2.60. The molecule has 0 bridgehead atoms. The van der Waals surface area contributed by atoms with Gasteiger partial charge in [0.25, 0.3) is 5.56 Å². The fourth-order valence-electron chi connectivity index (χ4n) is 5.11. The molecule has 13 heteroatoms. The first-order valence-electron chi connectivity index (χ1n) is 15.3. The Labute approximate surface area is 285 Å². The molecule has 1 aliphatic rings. The molecule has 2 heterocycles. The van der Waals surface area contributed by atoms with Crippen LogP contribution >= 0.6 is 11.3 Å². The van der Waals surface area contributed by atoms with E-state index in [1.807, 2.05) is 12.1 Å². The van der Waals surface area contributed by atoms with Gasteiger partial charge in [-0.05, 0) is 79.9 Å². The summed E-state index contributed by atoms with van der Waals surface area (Å²) in [5, 5.41) is 9.08. The van der Waals surface area contributed by atoms with Crippen molar-refractivity contribution in [1.29, 1.82) is 0 Å². The highest BCUT2D eigenvalue weighted by Gasteiger charge is 2.34. The number of ether oxygens (including phenoxy) is 5. The Morgan fingerprint density at radius 3 is 2.33 bits per heavy atom. The van der Waals surface area contributed by atoms with Crippen LogP contribution in [-0.2, 0) is 25.7 Å². The normalized spacial score (nSPS) is 14.0. The molecule has 1 aromatic heterocycles. The van der Waals surface area contributed by atoms with Crippen LogP contribution in [0.3, 0.4) is 0 Å². The van der Waals surface area contributed by atoms with E-state index in [0.717, 1.165) is 11.1 Å². The summed E-state index contributed by atoms with van der Waals surface area (Å²) in [6, 6.07) is 17.7. The van der Waals surface area contributed by atoms with E-state index in [4.69, 9.17) is 24.1 Å². The van der Waals surface area contributed by atoms with Crippen LogP contribution in [0.2, 0.25) is 0 Å². The minimum Gasteiger partial charge on any atom is -0.490 e. The van der Waals surface area contributed by atoms with Crippen molar-refractivity contribution in [2.24, 2.45) is 4.99 Å². The molecule has 49 heavy (non-hydrogen) atoms. The van der Waals surface area contributed by atoms with Gasteiger partial charge in [-0.1, -0.05) is 41.7 Å². The summed E-state index contributed by atoms with van der Waals surface area (Å²) >= 11 is 1.19. The standard InChI is InChI=1S/C36H34N2O10S/c1-5-45-28-18-25(13-16-27(28)48-20-30(39)44-4)32-31(35(43)46-6-2)21(3)37-36-38(32)33(40)29(49-36)17-22-9-14-26(15-10-22)47-19-23-7-11-24(12-8-23)34(41)42/h7-18,32H,5-6,19-20H2,1-4H3,(H,41,42)/b29-17-/t32-/m1/s1. The third kappa shape index (κ3) is 7.90. The molecule has 0 fully saturated rings. The van der Waals surface area contributed by atoms with E-state index in [0.29, 0.717) is 44.4 Å². The van der Waals surface area contributed by atoms with Crippen molar-refractivity contribution in [2.75, 3.05) is 26.9 Å². The Morgan fingerprint density at radius 1 is 0.939 bits per heavy atom. The van der Waals surface area contributed by atoms with Gasteiger partial charge in [-0.2, -0.15) is 0 Å². The number of rotatable bonds is 13. The molecule has 0 radical (unpaired) electrons. The fourth-order valence-corrected chi connectivity index (χ4v) is 6.15. The van der Waals surface area contributed by atoms with Crippen molar-refractivity contribution in [3.63, 3.8) is 0 Å². The van der Waals surface area contributed by atoms with Crippen molar-refractivity contribution < 1.29 is 43.2 Å². The summed E-state index contributed by atoms with van der Waals surface area (Å²) in [4.78, 5) is 55.2. The van der Waals surface area contributed by atoms with Gasteiger partial charge in [-0.25, -0.2) is 19.4 Å². The zero-order valence-corrected chi connectivity index (χ0v) is 28.1. The number of carbonyl (C=O) groups excluding carboxylic acids is 2. The monoisotopic (exact) mass is 686 g/mol. The maximum atomic E-state index is 14.1. The Bertz CT molecular complexity index is 2080. The van der Waals surface area contributed by atoms with Gasteiger partial charge in [0.15, 0.2) is 22.9 Å². The van der Waals surface area contributed by atoms with Crippen LogP contribution < -0.4 is 29.1 Å². The van der Waals surface area contributed by atoms with Crippen LogP contribution in [-0.4, -0.2) is 54.5 Å². The number of esters is 2. The van der Waals surface area contributed by atoms with Crippen LogP contribution in [0.4, 0.5) is 0 Å². The summed E-state index contributed by atoms with van der Waals surface area (Å²) < 4.78 is 29.2. The SMILES string of the molecule is CCOC(=O)C1=C(C)N=c2s/c(=C\c3ccc(OCc4ccc(C(=O)O)cc4)cc3)c(=O)n2[C@@H]1c1ccc(OCC(=O)OC)c(OCC)c1.